The zero-order valence-corrected chi connectivity index (χ0v) is 21.8. The number of amides is 5. The fourth-order valence-corrected chi connectivity index (χ4v) is 4.29. The van der Waals surface area contributed by atoms with Crippen LogP contribution in [0.5, 0.6) is 0 Å². The quantitative estimate of drug-likeness (QED) is 0.117. The second kappa shape index (κ2) is 12.2. The molecule has 3 atom stereocenters. The average molecular weight is 509 g/mol. The summed E-state index contributed by atoms with van der Waals surface area (Å²) in [5.74, 6) is -2.78. The summed E-state index contributed by atoms with van der Waals surface area (Å²) >= 11 is 0. The summed E-state index contributed by atoms with van der Waals surface area (Å²) in [7, 11) is 0. The van der Waals surface area contributed by atoms with Gasteiger partial charge in [-0.25, -0.2) is 4.79 Å². The fourth-order valence-electron chi connectivity index (χ4n) is 4.29. The van der Waals surface area contributed by atoms with Gasteiger partial charge in [0.1, 0.15) is 12.1 Å². The number of ketones is 1. The van der Waals surface area contributed by atoms with Crippen molar-refractivity contribution >= 4 is 35.2 Å². The van der Waals surface area contributed by atoms with Crippen molar-refractivity contribution < 1.29 is 29.2 Å². The van der Waals surface area contributed by atoms with E-state index in [9.17, 15) is 24.0 Å². The SMILES string of the molecule is CC(C)CC(NC(=O)[C@@H]1CCCN1C(=O)C(NC(=O)NC/C(=N/O)C1CC1)C(C)(C)C)C(=O)C(N)=O. The Bertz CT molecular complexity index is 892. The molecule has 1 aliphatic carbocycles. The minimum absolute atomic E-state index is 0.0178. The van der Waals surface area contributed by atoms with Gasteiger partial charge in [0.2, 0.25) is 17.6 Å². The Kier molecular flexibility index (Phi) is 9.83. The van der Waals surface area contributed by atoms with Gasteiger partial charge >= 0.3 is 6.03 Å². The van der Waals surface area contributed by atoms with E-state index in [1.165, 1.54) is 4.90 Å². The lowest BCUT2D eigenvalue weighted by Crippen LogP contribution is -2.60. The minimum atomic E-state index is -1.13. The van der Waals surface area contributed by atoms with Crippen LogP contribution >= 0.6 is 0 Å². The molecular formula is C24H40N6O6. The van der Waals surface area contributed by atoms with Crippen LogP contribution in [0.1, 0.15) is 66.7 Å². The highest BCUT2D eigenvalue weighted by atomic mass is 16.4. The standard InChI is InChI=1S/C24H40N6O6/c1-13(2)11-15(18(31)20(25)32)27-21(33)17-7-6-10-30(17)22(34)19(24(3,4)5)28-23(35)26-12-16(29-36)14-8-9-14/h13-15,17,19,36H,6-12H2,1-5H3,(H2,25,32)(H,27,33)(H2,26,28,35)/b29-16-/t15?,17-,19?/m0/s1. The first-order valence-corrected chi connectivity index (χ1v) is 12.5. The third-order valence-corrected chi connectivity index (χ3v) is 6.42. The number of carbonyl (C=O) groups is 5. The van der Waals surface area contributed by atoms with Crippen molar-refractivity contribution in [2.45, 2.75) is 84.8 Å². The van der Waals surface area contributed by atoms with Crippen molar-refractivity contribution in [1.29, 1.82) is 0 Å². The van der Waals surface area contributed by atoms with Gasteiger partial charge in [0.25, 0.3) is 5.91 Å². The van der Waals surface area contributed by atoms with Gasteiger partial charge in [-0.1, -0.05) is 39.8 Å². The number of hydrogen-bond donors (Lipinski definition) is 5. The van der Waals surface area contributed by atoms with Crippen LogP contribution in [0.2, 0.25) is 0 Å². The predicted molar refractivity (Wildman–Crippen MR) is 132 cm³/mol. The third kappa shape index (κ3) is 7.92. The maximum absolute atomic E-state index is 13.6. The van der Waals surface area contributed by atoms with Crippen LogP contribution in [0, 0.1) is 17.3 Å². The molecule has 1 heterocycles. The Labute approximate surface area is 211 Å². The summed E-state index contributed by atoms with van der Waals surface area (Å²) in [6, 6.07) is -3.44. The number of nitrogens with two attached hydrogens (primary N) is 1. The van der Waals surface area contributed by atoms with Crippen molar-refractivity contribution in [3.05, 3.63) is 0 Å². The van der Waals surface area contributed by atoms with Crippen LogP contribution < -0.4 is 21.7 Å². The van der Waals surface area contributed by atoms with Crippen molar-refractivity contribution in [3.63, 3.8) is 0 Å². The van der Waals surface area contributed by atoms with Gasteiger partial charge in [-0.15, -0.1) is 0 Å². The molecule has 202 valence electrons. The molecule has 6 N–H and O–H groups in total. The number of hydrogen-bond acceptors (Lipinski definition) is 7. The molecule has 0 aromatic carbocycles. The smallest absolute Gasteiger partial charge is 0.315 e. The van der Waals surface area contributed by atoms with Crippen LogP contribution in [0.4, 0.5) is 4.79 Å². The molecule has 12 heteroatoms. The van der Waals surface area contributed by atoms with E-state index in [2.05, 4.69) is 21.1 Å². The number of oxime groups is 1. The molecule has 1 aliphatic heterocycles. The largest absolute Gasteiger partial charge is 0.411 e. The van der Waals surface area contributed by atoms with Crippen molar-refractivity contribution in [1.82, 2.24) is 20.9 Å². The molecule has 2 fully saturated rings. The molecule has 0 aromatic rings. The first-order chi connectivity index (χ1) is 16.8. The van der Waals surface area contributed by atoms with Gasteiger partial charge in [-0.2, -0.15) is 0 Å². The van der Waals surface area contributed by atoms with Crippen LogP contribution in [-0.4, -0.2) is 76.6 Å². The van der Waals surface area contributed by atoms with Crippen LogP contribution in [-0.2, 0) is 19.2 Å². The number of nitrogens with zero attached hydrogens (tertiary/aromatic N) is 2. The lowest BCUT2D eigenvalue weighted by Gasteiger charge is -2.35. The maximum atomic E-state index is 13.6. The Morgan fingerprint density at radius 1 is 1.08 bits per heavy atom. The summed E-state index contributed by atoms with van der Waals surface area (Å²) in [6.07, 6.45) is 3.02. The van der Waals surface area contributed by atoms with E-state index in [1.54, 1.807) is 20.8 Å². The molecule has 5 amide bonds. The van der Waals surface area contributed by atoms with Crippen molar-refractivity contribution in [2.24, 2.45) is 28.1 Å². The van der Waals surface area contributed by atoms with Gasteiger partial charge in [-0.05, 0) is 43.4 Å². The molecule has 0 radical (unpaired) electrons. The van der Waals surface area contributed by atoms with Gasteiger partial charge in [0, 0.05) is 12.5 Å². The highest BCUT2D eigenvalue weighted by Gasteiger charge is 2.42. The fraction of sp³-hybridized carbons (Fsp3) is 0.750. The minimum Gasteiger partial charge on any atom is -0.411 e. The number of likely N-dealkylation sites (tertiary alicyclic amines) is 1. The summed E-state index contributed by atoms with van der Waals surface area (Å²) < 4.78 is 0. The summed E-state index contributed by atoms with van der Waals surface area (Å²) in [6.45, 7) is 9.49. The topological polar surface area (TPSA) is 183 Å². The molecule has 2 aliphatic rings. The average Bonchev–Trinajstić information content (AvgIpc) is 3.49. The molecule has 1 saturated carbocycles. The normalized spacial score (nSPS) is 20.0. The molecular weight excluding hydrogens is 468 g/mol. The molecule has 2 unspecified atom stereocenters. The van der Waals surface area contributed by atoms with E-state index >= 15 is 0 Å². The molecule has 0 aromatic heterocycles. The Hall–Kier alpha value is -3.18. The van der Waals surface area contributed by atoms with Gasteiger partial charge in [0.05, 0.1) is 18.3 Å². The zero-order chi connectivity index (χ0) is 27.2. The monoisotopic (exact) mass is 508 g/mol. The molecule has 1 saturated heterocycles. The van der Waals surface area contributed by atoms with Crippen molar-refractivity contribution in [3.8, 4) is 0 Å². The molecule has 2 rings (SSSR count). The number of rotatable bonds is 11. The first-order valence-electron chi connectivity index (χ1n) is 12.5. The third-order valence-electron chi connectivity index (χ3n) is 6.42. The van der Waals surface area contributed by atoms with E-state index in [4.69, 9.17) is 10.9 Å². The summed E-state index contributed by atoms with van der Waals surface area (Å²) in [5.41, 5.74) is 4.96. The van der Waals surface area contributed by atoms with Crippen LogP contribution in [0.25, 0.3) is 0 Å². The number of primary amides is 1. The van der Waals surface area contributed by atoms with E-state index < -0.39 is 53.1 Å². The predicted octanol–water partition coefficient (Wildman–Crippen LogP) is 0.517. The first kappa shape index (κ1) is 29.1. The zero-order valence-electron chi connectivity index (χ0n) is 21.8. The highest BCUT2D eigenvalue weighted by molar-refractivity contribution is 6.37. The summed E-state index contributed by atoms with van der Waals surface area (Å²) in [4.78, 5) is 64.4. The van der Waals surface area contributed by atoms with Crippen LogP contribution in [0.15, 0.2) is 5.16 Å². The number of nitrogens with one attached hydrogen (secondary N) is 3. The lowest BCUT2D eigenvalue weighted by atomic mass is 9.85. The Morgan fingerprint density at radius 3 is 2.22 bits per heavy atom. The van der Waals surface area contributed by atoms with E-state index in [-0.39, 0.29) is 24.8 Å². The highest BCUT2D eigenvalue weighted by Crippen LogP contribution is 2.30. The van der Waals surface area contributed by atoms with Gasteiger partial charge in [0.15, 0.2) is 0 Å². The number of Topliss-reactive ketones (excluding diaryl/α,β-unsaturated/α-hetero) is 1. The second-order valence-corrected chi connectivity index (χ2v) is 11.1. The maximum Gasteiger partial charge on any atom is 0.315 e. The molecule has 0 bridgehead atoms. The summed E-state index contributed by atoms with van der Waals surface area (Å²) in [5, 5.41) is 20.3. The van der Waals surface area contributed by atoms with Crippen molar-refractivity contribution in [2.75, 3.05) is 13.1 Å². The Morgan fingerprint density at radius 2 is 1.72 bits per heavy atom. The number of urea groups is 1. The molecule has 36 heavy (non-hydrogen) atoms. The van der Waals surface area contributed by atoms with E-state index in [0.29, 0.717) is 25.1 Å². The lowest BCUT2D eigenvalue weighted by molar-refractivity contribution is -0.143. The molecule has 0 spiro atoms. The van der Waals surface area contributed by atoms with Crippen LogP contribution in [0.3, 0.4) is 0 Å². The van der Waals surface area contributed by atoms with E-state index in [1.807, 2.05) is 13.8 Å². The number of carbonyl (C=O) groups excluding carboxylic acids is 5. The van der Waals surface area contributed by atoms with Gasteiger partial charge in [-0.3, -0.25) is 19.2 Å². The van der Waals surface area contributed by atoms with E-state index in [0.717, 1.165) is 12.8 Å². The Balaban J connectivity index is 2.11. The second-order valence-electron chi connectivity index (χ2n) is 11.1. The van der Waals surface area contributed by atoms with Gasteiger partial charge < -0.3 is 31.8 Å². The molecule has 12 nitrogen and oxygen atoms in total.